The second kappa shape index (κ2) is 11.8. The number of fused-ring (bicyclic) bond motifs is 4. The molecule has 6 atom stereocenters. The van der Waals surface area contributed by atoms with Gasteiger partial charge >= 0.3 is 0 Å². The van der Waals surface area contributed by atoms with Crippen LogP contribution in [0.4, 0.5) is 5.69 Å². The highest BCUT2D eigenvalue weighted by Crippen LogP contribution is 2.65. The highest BCUT2D eigenvalue weighted by atomic mass is 35.5. The third-order valence-corrected chi connectivity index (χ3v) is 10.9. The number of para-hydroxylation sites is 1. The number of hydrazine groups is 1. The molecule has 4 amide bonds. The van der Waals surface area contributed by atoms with E-state index in [-0.39, 0.29) is 34.4 Å². The minimum absolute atomic E-state index is 0.0204. The van der Waals surface area contributed by atoms with Crippen LogP contribution in [0.25, 0.3) is 0 Å². The van der Waals surface area contributed by atoms with Crippen LogP contribution >= 0.6 is 23.2 Å². The van der Waals surface area contributed by atoms with E-state index in [0.29, 0.717) is 39.5 Å². The number of hydrogen-bond donors (Lipinski definition) is 3. The topological polar surface area (TPSA) is 136 Å². The van der Waals surface area contributed by atoms with Crippen LogP contribution in [-0.4, -0.2) is 51.1 Å². The summed E-state index contributed by atoms with van der Waals surface area (Å²) < 4.78 is 5.42. The van der Waals surface area contributed by atoms with Crippen molar-refractivity contribution in [1.29, 1.82) is 0 Å². The Morgan fingerprint density at radius 2 is 1.77 bits per heavy atom. The van der Waals surface area contributed by atoms with Crippen molar-refractivity contribution in [1.82, 2.24) is 10.1 Å². The van der Waals surface area contributed by atoms with Crippen LogP contribution in [-0.2, 0) is 31.0 Å². The van der Waals surface area contributed by atoms with E-state index in [4.69, 9.17) is 27.9 Å². The lowest BCUT2D eigenvalue weighted by Gasteiger charge is -2.50. The standard InChI is InChI=1S/C36H31Cl2N3O7/c1-3-5-18-6-4-7-24(31(18)42)30-22-13-14-23-29(34(45)41(47)32(23)43)25(22)17-26-33(44)40(39-28-15-10-20(37)16-27(28)38)35(46)36(26,30)19-8-11-21(48-2)12-9-19/h3-4,6-13,15-16,23,25-26,29-30,39,42,47H,1,5,14,17H2,2H3. The van der Waals surface area contributed by atoms with Gasteiger partial charge < -0.3 is 9.84 Å². The van der Waals surface area contributed by atoms with Crippen molar-refractivity contribution >= 4 is 52.5 Å². The summed E-state index contributed by atoms with van der Waals surface area (Å²) >= 11 is 12.6. The molecule has 0 aromatic heterocycles. The fraction of sp³-hybridized carbons (Fsp3) is 0.278. The smallest absolute Gasteiger partial charge is 0.260 e. The molecule has 12 heteroatoms. The Bertz CT molecular complexity index is 1930. The number of anilines is 1. The van der Waals surface area contributed by atoms with Crippen LogP contribution in [0.3, 0.4) is 0 Å². The van der Waals surface area contributed by atoms with Crippen molar-refractivity contribution in [3.8, 4) is 11.5 Å². The molecule has 48 heavy (non-hydrogen) atoms. The van der Waals surface area contributed by atoms with Gasteiger partial charge in [-0.05, 0) is 66.6 Å². The van der Waals surface area contributed by atoms with Gasteiger partial charge in [0.1, 0.15) is 11.5 Å². The lowest BCUT2D eigenvalue weighted by atomic mass is 9.49. The van der Waals surface area contributed by atoms with Gasteiger partial charge in [-0.3, -0.25) is 29.8 Å². The van der Waals surface area contributed by atoms with Gasteiger partial charge in [0.15, 0.2) is 0 Å². The molecule has 3 fully saturated rings. The maximum Gasteiger partial charge on any atom is 0.260 e. The molecular weight excluding hydrogens is 657 g/mol. The lowest BCUT2D eigenvalue weighted by molar-refractivity contribution is -0.173. The van der Waals surface area contributed by atoms with Gasteiger partial charge in [0.2, 0.25) is 0 Å². The molecule has 4 aliphatic rings. The van der Waals surface area contributed by atoms with Crippen LogP contribution in [0.1, 0.15) is 35.4 Å². The highest BCUT2D eigenvalue weighted by molar-refractivity contribution is 6.36. The number of rotatable bonds is 7. The maximum atomic E-state index is 15.2. The van der Waals surface area contributed by atoms with Gasteiger partial charge in [0, 0.05) is 16.5 Å². The van der Waals surface area contributed by atoms with Gasteiger partial charge in [-0.1, -0.05) is 71.3 Å². The van der Waals surface area contributed by atoms with E-state index in [1.807, 2.05) is 6.08 Å². The minimum atomic E-state index is -1.63. The molecule has 246 valence electrons. The monoisotopic (exact) mass is 687 g/mol. The number of halogens is 2. The third-order valence-electron chi connectivity index (χ3n) is 10.4. The molecule has 10 nitrogen and oxygen atoms in total. The Morgan fingerprint density at radius 3 is 2.46 bits per heavy atom. The highest BCUT2D eigenvalue weighted by Gasteiger charge is 2.70. The summed E-state index contributed by atoms with van der Waals surface area (Å²) in [7, 11) is 1.52. The van der Waals surface area contributed by atoms with Crippen LogP contribution in [0.2, 0.25) is 10.0 Å². The van der Waals surface area contributed by atoms with Gasteiger partial charge in [-0.15, -0.1) is 6.58 Å². The number of phenols is 1. The summed E-state index contributed by atoms with van der Waals surface area (Å²) in [5.41, 5.74) is 3.65. The fourth-order valence-electron chi connectivity index (χ4n) is 8.34. The summed E-state index contributed by atoms with van der Waals surface area (Å²) in [5.74, 6) is -6.65. The van der Waals surface area contributed by atoms with Crippen molar-refractivity contribution in [3.63, 3.8) is 0 Å². The number of aromatic hydroxyl groups is 1. The molecule has 1 saturated carbocycles. The predicted molar refractivity (Wildman–Crippen MR) is 176 cm³/mol. The van der Waals surface area contributed by atoms with Crippen molar-refractivity contribution in [2.24, 2.45) is 23.7 Å². The molecule has 2 aliphatic heterocycles. The summed E-state index contributed by atoms with van der Waals surface area (Å²) in [5, 5.41) is 23.9. The first-order chi connectivity index (χ1) is 23.0. The van der Waals surface area contributed by atoms with Gasteiger partial charge in [0.05, 0.1) is 41.0 Å². The molecule has 2 aliphatic carbocycles. The summed E-state index contributed by atoms with van der Waals surface area (Å²) in [6.07, 6.45) is 3.98. The number of hydroxylamine groups is 2. The van der Waals surface area contributed by atoms with E-state index < -0.39 is 58.6 Å². The van der Waals surface area contributed by atoms with Crippen LogP contribution in [0, 0.1) is 23.7 Å². The second-order valence-electron chi connectivity index (χ2n) is 12.5. The zero-order valence-electron chi connectivity index (χ0n) is 25.7. The average molecular weight is 689 g/mol. The fourth-order valence-corrected chi connectivity index (χ4v) is 8.79. The van der Waals surface area contributed by atoms with Crippen LogP contribution < -0.4 is 10.2 Å². The van der Waals surface area contributed by atoms with E-state index >= 15 is 4.79 Å². The number of benzene rings is 3. The average Bonchev–Trinajstić information content (AvgIpc) is 3.43. The number of nitrogens with one attached hydrogen (secondary N) is 1. The zero-order chi connectivity index (χ0) is 34.1. The molecule has 3 aromatic rings. The first kappa shape index (κ1) is 31.9. The number of carbonyl (C=O) groups is 4. The number of carbonyl (C=O) groups excluding carboxylic acids is 4. The number of phenolic OH excluding ortho intramolecular Hbond substituents is 1. The third kappa shape index (κ3) is 4.50. The normalized spacial score (nSPS) is 27.8. The summed E-state index contributed by atoms with van der Waals surface area (Å²) in [6.45, 7) is 3.81. The first-order valence-corrected chi connectivity index (χ1v) is 16.2. The van der Waals surface area contributed by atoms with E-state index in [0.717, 1.165) is 5.01 Å². The Labute approximate surface area is 286 Å². The number of hydrogen-bond acceptors (Lipinski definition) is 8. The van der Waals surface area contributed by atoms with Crippen molar-refractivity contribution < 1.29 is 34.2 Å². The SMILES string of the molecule is C=CCc1cccc(C2C3=CCC4C(=O)N(O)C(=O)C4C3CC3C(=O)N(Nc4ccc(Cl)cc4Cl)C(=O)C32c2ccc(OC)cc2)c1O. The lowest BCUT2D eigenvalue weighted by Crippen LogP contribution is -2.53. The Kier molecular flexibility index (Phi) is 7.85. The molecular formula is C36H31Cl2N3O7. The molecule has 3 aromatic carbocycles. The molecule has 3 N–H and O–H groups in total. The van der Waals surface area contributed by atoms with E-state index in [1.54, 1.807) is 60.7 Å². The number of nitrogens with zero attached hydrogens (tertiary/aromatic N) is 2. The number of ether oxygens (including phenoxy) is 1. The Hall–Kier alpha value is -4.64. The van der Waals surface area contributed by atoms with Gasteiger partial charge in [0.25, 0.3) is 23.6 Å². The van der Waals surface area contributed by atoms with E-state index in [9.17, 15) is 24.7 Å². The van der Waals surface area contributed by atoms with E-state index in [2.05, 4.69) is 12.0 Å². The summed E-state index contributed by atoms with van der Waals surface area (Å²) in [4.78, 5) is 56.3. The molecule has 0 radical (unpaired) electrons. The largest absolute Gasteiger partial charge is 0.507 e. The van der Waals surface area contributed by atoms with Crippen molar-refractivity contribution in [2.75, 3.05) is 12.5 Å². The van der Waals surface area contributed by atoms with Gasteiger partial charge in [-0.2, -0.15) is 10.1 Å². The van der Waals surface area contributed by atoms with Crippen molar-refractivity contribution in [2.45, 2.75) is 30.6 Å². The predicted octanol–water partition coefficient (Wildman–Crippen LogP) is 5.81. The number of amides is 4. The molecule has 6 unspecified atom stereocenters. The maximum absolute atomic E-state index is 15.2. The Morgan fingerprint density at radius 1 is 1.02 bits per heavy atom. The number of methoxy groups -OCH3 is 1. The van der Waals surface area contributed by atoms with Crippen LogP contribution in [0.5, 0.6) is 11.5 Å². The van der Waals surface area contributed by atoms with Crippen molar-refractivity contribution in [3.05, 3.63) is 112 Å². The van der Waals surface area contributed by atoms with E-state index in [1.165, 1.54) is 13.2 Å². The molecule has 2 heterocycles. The molecule has 2 saturated heterocycles. The minimum Gasteiger partial charge on any atom is -0.507 e. The summed E-state index contributed by atoms with van der Waals surface area (Å²) in [6, 6.07) is 16.7. The number of imide groups is 2. The molecule has 7 rings (SSSR count). The number of allylic oxidation sites excluding steroid dienone is 3. The zero-order valence-corrected chi connectivity index (χ0v) is 27.2. The second-order valence-corrected chi connectivity index (χ2v) is 13.4. The Balaban J connectivity index is 1.50. The molecule has 0 spiro atoms. The quantitative estimate of drug-likeness (QED) is 0.161. The first-order valence-electron chi connectivity index (χ1n) is 15.5. The van der Waals surface area contributed by atoms with Crippen LogP contribution in [0.15, 0.2) is 85.0 Å². The molecule has 0 bridgehead atoms. The van der Waals surface area contributed by atoms with Gasteiger partial charge in [-0.25, -0.2) is 0 Å².